The molecule has 3 aromatic rings. The van der Waals surface area contributed by atoms with Crippen LogP contribution in [0.2, 0.25) is 0 Å². The van der Waals surface area contributed by atoms with Crippen molar-refractivity contribution in [3.8, 4) is 5.75 Å². The quantitative estimate of drug-likeness (QED) is 0.656. The van der Waals surface area contributed by atoms with Gasteiger partial charge >= 0.3 is 0 Å². The number of anilines is 1. The van der Waals surface area contributed by atoms with E-state index in [2.05, 4.69) is 10.0 Å². The van der Waals surface area contributed by atoms with Crippen LogP contribution in [0, 0.1) is 0 Å². The first-order valence-corrected chi connectivity index (χ1v) is 11.0. The average molecular weight is 424 g/mol. The summed E-state index contributed by atoms with van der Waals surface area (Å²) >= 11 is 0. The molecule has 154 valence electrons. The molecule has 0 fully saturated rings. The lowest BCUT2D eigenvalue weighted by Gasteiger charge is -2.25. The van der Waals surface area contributed by atoms with Gasteiger partial charge in [-0.05, 0) is 41.0 Å². The number of nitrogens with one attached hydrogen (secondary N) is 2. The molecule has 0 saturated heterocycles. The predicted octanol–water partition coefficient (Wildman–Crippen LogP) is 3.00. The molecule has 2 N–H and O–H groups in total. The third kappa shape index (κ3) is 3.99. The molecule has 1 atom stereocenters. The Balaban J connectivity index is 1.50. The topological polar surface area (TPSA) is 102 Å². The third-order valence-corrected chi connectivity index (χ3v) is 6.25. The molecule has 0 spiro atoms. The summed E-state index contributed by atoms with van der Waals surface area (Å²) < 4.78 is 32.9. The lowest BCUT2D eigenvalue weighted by molar-refractivity contribution is -0.123. The minimum Gasteiger partial charge on any atom is -0.478 e. The Morgan fingerprint density at radius 3 is 2.60 bits per heavy atom. The number of rotatable bonds is 5. The molecule has 1 unspecified atom stereocenters. The number of benzene rings is 3. The van der Waals surface area contributed by atoms with E-state index in [1.54, 1.807) is 6.07 Å². The monoisotopic (exact) mass is 424 g/mol. The van der Waals surface area contributed by atoms with Crippen LogP contribution < -0.4 is 14.8 Å². The summed E-state index contributed by atoms with van der Waals surface area (Å²) in [7, 11) is -4.10. The molecule has 1 heterocycles. The van der Waals surface area contributed by atoms with Crippen LogP contribution in [0.15, 0.2) is 65.6 Å². The number of ether oxygens (including phenoxy) is 1. The second-order valence-electron chi connectivity index (χ2n) is 7.05. The highest BCUT2D eigenvalue weighted by atomic mass is 32.2. The highest BCUT2D eigenvalue weighted by molar-refractivity contribution is 7.90. The van der Waals surface area contributed by atoms with E-state index in [9.17, 15) is 18.0 Å². The van der Waals surface area contributed by atoms with E-state index in [-0.39, 0.29) is 22.9 Å². The molecule has 0 radical (unpaired) electrons. The molecule has 0 aromatic heterocycles. The Morgan fingerprint density at radius 1 is 1.07 bits per heavy atom. The lowest BCUT2D eigenvalue weighted by Crippen LogP contribution is -2.36. The summed E-state index contributed by atoms with van der Waals surface area (Å²) in [6.45, 7) is 1.82. The summed E-state index contributed by atoms with van der Waals surface area (Å²) in [6.07, 6.45) is -0.190. The zero-order chi connectivity index (χ0) is 21.3. The average Bonchev–Trinajstić information content (AvgIpc) is 2.72. The lowest BCUT2D eigenvalue weighted by atomic mass is 10.1. The fraction of sp³-hybridized carbons (Fsp3) is 0.182. The highest BCUT2D eigenvalue weighted by Crippen LogP contribution is 2.32. The molecule has 1 aliphatic heterocycles. The Morgan fingerprint density at radius 2 is 1.83 bits per heavy atom. The largest absolute Gasteiger partial charge is 0.478 e. The summed E-state index contributed by atoms with van der Waals surface area (Å²) in [5.41, 5.74) is 0.965. The molecule has 0 saturated carbocycles. The molecular formula is C22H20N2O5S. The highest BCUT2D eigenvalue weighted by Gasteiger charge is 2.28. The van der Waals surface area contributed by atoms with Gasteiger partial charge in [0, 0.05) is 0 Å². The predicted molar refractivity (Wildman–Crippen MR) is 113 cm³/mol. The molecule has 0 aliphatic carbocycles. The second kappa shape index (κ2) is 7.79. The van der Waals surface area contributed by atoms with E-state index >= 15 is 0 Å². The van der Waals surface area contributed by atoms with Crippen LogP contribution in [0.4, 0.5) is 5.69 Å². The Hall–Kier alpha value is -3.39. The minimum atomic E-state index is -4.10. The van der Waals surface area contributed by atoms with Gasteiger partial charge in [0.2, 0.25) is 5.91 Å². The van der Waals surface area contributed by atoms with Crippen LogP contribution in [0.25, 0.3) is 10.8 Å². The van der Waals surface area contributed by atoms with Crippen molar-refractivity contribution in [1.82, 2.24) is 4.72 Å². The van der Waals surface area contributed by atoms with Crippen molar-refractivity contribution >= 4 is 38.3 Å². The molecular weight excluding hydrogens is 404 g/mol. The number of carbonyl (C=O) groups excluding carboxylic acids is 2. The van der Waals surface area contributed by atoms with E-state index in [4.69, 9.17) is 4.74 Å². The van der Waals surface area contributed by atoms with Crippen molar-refractivity contribution in [3.63, 3.8) is 0 Å². The normalized spacial score (nSPS) is 15.8. The van der Waals surface area contributed by atoms with Crippen LogP contribution >= 0.6 is 0 Å². The molecule has 2 amide bonds. The number of sulfonamides is 1. The van der Waals surface area contributed by atoms with Gasteiger partial charge in [0.25, 0.3) is 15.9 Å². The van der Waals surface area contributed by atoms with Gasteiger partial charge in [0.15, 0.2) is 6.10 Å². The molecule has 0 bridgehead atoms. The molecule has 4 rings (SSSR count). The second-order valence-corrected chi connectivity index (χ2v) is 8.73. The Labute approximate surface area is 174 Å². The van der Waals surface area contributed by atoms with Crippen molar-refractivity contribution in [3.05, 3.63) is 66.2 Å². The van der Waals surface area contributed by atoms with E-state index in [1.165, 1.54) is 18.2 Å². The van der Waals surface area contributed by atoms with Crippen molar-refractivity contribution in [1.29, 1.82) is 0 Å². The zero-order valence-corrected chi connectivity index (χ0v) is 17.0. The third-order valence-electron chi connectivity index (χ3n) is 4.88. The maximum Gasteiger partial charge on any atom is 0.265 e. The van der Waals surface area contributed by atoms with Crippen molar-refractivity contribution in [2.45, 2.75) is 30.8 Å². The standard InChI is InChI=1S/C22H20N2O5S/c1-2-19-22(26)23-18-13-17(9-10-20(18)29-19)30(27,28)24-21(25)12-14-7-8-15-5-3-4-6-16(15)11-14/h3-11,13,19H,2,12H2,1H3,(H,23,26)(H,24,25). The van der Waals surface area contributed by atoms with Crippen LogP contribution in [0.5, 0.6) is 5.75 Å². The Kier molecular flexibility index (Phi) is 5.17. The van der Waals surface area contributed by atoms with Gasteiger partial charge < -0.3 is 10.1 Å². The summed E-state index contributed by atoms with van der Waals surface area (Å²) in [6, 6.07) is 17.4. The summed E-state index contributed by atoms with van der Waals surface area (Å²) in [5, 5.41) is 4.66. The van der Waals surface area contributed by atoms with Gasteiger partial charge in [-0.25, -0.2) is 13.1 Å². The van der Waals surface area contributed by atoms with Crippen molar-refractivity contribution in [2.75, 3.05) is 5.32 Å². The molecule has 7 nitrogen and oxygen atoms in total. The van der Waals surface area contributed by atoms with Crippen LogP contribution in [0.3, 0.4) is 0 Å². The zero-order valence-electron chi connectivity index (χ0n) is 16.2. The first kappa shape index (κ1) is 19.9. The molecule has 3 aromatic carbocycles. The smallest absolute Gasteiger partial charge is 0.265 e. The fourth-order valence-electron chi connectivity index (χ4n) is 3.34. The first-order valence-electron chi connectivity index (χ1n) is 9.50. The van der Waals surface area contributed by atoms with Crippen molar-refractivity contribution < 1.29 is 22.7 Å². The van der Waals surface area contributed by atoms with E-state index in [0.29, 0.717) is 17.7 Å². The summed E-state index contributed by atoms with van der Waals surface area (Å²) in [4.78, 5) is 24.2. The number of fused-ring (bicyclic) bond motifs is 2. The van der Waals surface area contributed by atoms with Crippen molar-refractivity contribution in [2.24, 2.45) is 0 Å². The van der Waals surface area contributed by atoms with Crippen LogP contribution in [0.1, 0.15) is 18.9 Å². The van der Waals surface area contributed by atoms with Gasteiger partial charge in [-0.15, -0.1) is 0 Å². The van der Waals surface area contributed by atoms with E-state index in [0.717, 1.165) is 10.8 Å². The number of hydrogen-bond acceptors (Lipinski definition) is 5. The van der Waals surface area contributed by atoms with E-state index in [1.807, 2.05) is 43.3 Å². The van der Waals surface area contributed by atoms with E-state index < -0.39 is 22.0 Å². The van der Waals surface area contributed by atoms with Gasteiger partial charge in [-0.3, -0.25) is 9.59 Å². The van der Waals surface area contributed by atoms with Gasteiger partial charge in [0.05, 0.1) is 17.0 Å². The van der Waals surface area contributed by atoms with Gasteiger partial charge in [-0.2, -0.15) is 0 Å². The number of hydrogen-bond donors (Lipinski definition) is 2. The molecule has 8 heteroatoms. The molecule has 1 aliphatic rings. The van der Waals surface area contributed by atoms with Gasteiger partial charge in [-0.1, -0.05) is 49.4 Å². The minimum absolute atomic E-state index is 0.0764. The fourth-order valence-corrected chi connectivity index (χ4v) is 4.35. The number of amides is 2. The summed E-state index contributed by atoms with van der Waals surface area (Å²) in [5.74, 6) is -0.586. The van der Waals surface area contributed by atoms with Crippen LogP contribution in [-0.4, -0.2) is 26.3 Å². The SMILES string of the molecule is CCC1Oc2ccc(S(=O)(=O)NC(=O)Cc3ccc4ccccc4c3)cc2NC1=O. The maximum absolute atomic E-state index is 12.6. The van der Waals surface area contributed by atoms with Crippen LogP contribution in [-0.2, 0) is 26.0 Å². The Bertz CT molecular complexity index is 1250. The molecule has 30 heavy (non-hydrogen) atoms. The maximum atomic E-state index is 12.6. The number of carbonyl (C=O) groups is 2. The van der Waals surface area contributed by atoms with Gasteiger partial charge in [0.1, 0.15) is 5.75 Å². The first-order chi connectivity index (χ1) is 14.4.